The molecule has 33 heavy (non-hydrogen) atoms. The van der Waals surface area contributed by atoms with Gasteiger partial charge in [0, 0.05) is 22.1 Å². The van der Waals surface area contributed by atoms with Crippen molar-refractivity contribution in [3.05, 3.63) is 69.8 Å². The fraction of sp³-hybridized carbons (Fsp3) is 0.321. The Kier molecular flexibility index (Phi) is 9.36. The van der Waals surface area contributed by atoms with Crippen molar-refractivity contribution in [2.45, 2.75) is 41.0 Å². The molecule has 0 aliphatic carbocycles. The molecule has 1 aromatic heterocycles. The number of nitrogens with one attached hydrogen (secondary N) is 1. The summed E-state index contributed by atoms with van der Waals surface area (Å²) in [5.41, 5.74) is 7.57. The summed E-state index contributed by atoms with van der Waals surface area (Å²) in [6, 6.07) is 8.97. The normalized spacial score (nSPS) is 13.2. The van der Waals surface area contributed by atoms with Gasteiger partial charge in [0.1, 0.15) is 12.4 Å². The molecule has 0 bridgehead atoms. The molecule has 2 atom stereocenters. The van der Waals surface area contributed by atoms with Crippen LogP contribution in [0.1, 0.15) is 57.0 Å². The van der Waals surface area contributed by atoms with Crippen molar-refractivity contribution >= 4 is 46.5 Å². The summed E-state index contributed by atoms with van der Waals surface area (Å²) < 4.78 is 5.97. The van der Waals surface area contributed by atoms with E-state index in [-0.39, 0.29) is 6.61 Å². The maximum absolute atomic E-state index is 12.0. The molecular weight excluding hydrogens is 432 g/mol. The van der Waals surface area contributed by atoms with Gasteiger partial charge in [0.15, 0.2) is 0 Å². The molecule has 2 aromatic carbocycles. The van der Waals surface area contributed by atoms with E-state index in [0.29, 0.717) is 28.2 Å². The van der Waals surface area contributed by atoms with Crippen LogP contribution >= 0.6 is 11.6 Å². The Labute approximate surface area is 201 Å². The summed E-state index contributed by atoms with van der Waals surface area (Å²) in [6.07, 6.45) is 5.24. The Bertz CT molecular complexity index is 1240. The van der Waals surface area contributed by atoms with Gasteiger partial charge in [-0.25, -0.2) is 0 Å². The van der Waals surface area contributed by atoms with E-state index in [4.69, 9.17) is 22.1 Å². The van der Waals surface area contributed by atoms with Crippen molar-refractivity contribution in [1.82, 2.24) is 4.98 Å². The maximum Gasteiger partial charge on any atom is 0.252 e. The lowest BCUT2D eigenvalue weighted by Crippen LogP contribution is -2.25. The average Bonchev–Trinajstić information content (AvgIpc) is 3.17. The first-order valence-corrected chi connectivity index (χ1v) is 11.8. The molecule has 0 saturated heterocycles. The average molecular weight is 467 g/mol. The van der Waals surface area contributed by atoms with Gasteiger partial charge >= 0.3 is 0 Å². The van der Waals surface area contributed by atoms with E-state index in [0.717, 1.165) is 38.9 Å². The third-order valence-electron chi connectivity index (χ3n) is 5.94. The van der Waals surface area contributed by atoms with Crippen LogP contribution in [0.15, 0.2) is 43.1 Å². The van der Waals surface area contributed by atoms with Gasteiger partial charge in [0.25, 0.3) is 5.91 Å². The number of carbonyl (C=O) groups is 1. The molecule has 1 amide bonds. The Balaban J connectivity index is 0.00000187. The molecule has 3 rings (SSSR count). The van der Waals surface area contributed by atoms with Crippen molar-refractivity contribution < 1.29 is 9.53 Å². The lowest BCUT2D eigenvalue weighted by molar-refractivity contribution is 0.0997. The SMILES string of the molecule is C=C(COc1cc2ccc(Cl)cc2cc1C(N)=O)c1c[nH]/c(=C/C(C)C(C)CC)c1=C.CC. The lowest BCUT2D eigenvalue weighted by Gasteiger charge is -2.13. The van der Waals surface area contributed by atoms with E-state index in [1.165, 1.54) is 0 Å². The van der Waals surface area contributed by atoms with Crippen molar-refractivity contribution in [3.8, 4) is 5.75 Å². The van der Waals surface area contributed by atoms with Crippen LogP contribution in [0, 0.1) is 11.8 Å². The molecular formula is C28H35ClN2O2. The Morgan fingerprint density at radius 3 is 2.52 bits per heavy atom. The number of aromatic amines is 1. The molecule has 0 aliphatic heterocycles. The van der Waals surface area contributed by atoms with Gasteiger partial charge in [-0.05, 0) is 57.7 Å². The molecule has 0 spiro atoms. The lowest BCUT2D eigenvalue weighted by atomic mass is 9.93. The predicted molar refractivity (Wildman–Crippen MR) is 142 cm³/mol. The molecule has 0 fully saturated rings. The van der Waals surface area contributed by atoms with Crippen LogP contribution in [-0.4, -0.2) is 17.5 Å². The first kappa shape index (κ1) is 26.3. The molecule has 4 nitrogen and oxygen atoms in total. The number of carbonyl (C=O) groups excluding carboxylic acids is 1. The fourth-order valence-electron chi connectivity index (χ4n) is 3.53. The molecule has 0 aliphatic rings. The number of fused-ring (bicyclic) bond motifs is 1. The van der Waals surface area contributed by atoms with Crippen LogP contribution in [0.2, 0.25) is 5.02 Å². The van der Waals surface area contributed by atoms with Crippen molar-refractivity contribution in [1.29, 1.82) is 0 Å². The highest BCUT2D eigenvalue weighted by Gasteiger charge is 2.14. The monoisotopic (exact) mass is 466 g/mol. The van der Waals surface area contributed by atoms with Gasteiger partial charge in [0.05, 0.1) is 5.56 Å². The van der Waals surface area contributed by atoms with Crippen LogP contribution in [0.3, 0.4) is 0 Å². The number of H-pyrrole nitrogens is 1. The van der Waals surface area contributed by atoms with E-state index >= 15 is 0 Å². The third-order valence-corrected chi connectivity index (χ3v) is 6.18. The maximum atomic E-state index is 12.0. The van der Waals surface area contributed by atoms with E-state index in [1.807, 2.05) is 26.1 Å². The summed E-state index contributed by atoms with van der Waals surface area (Å²) in [6.45, 7) is 19.2. The van der Waals surface area contributed by atoms with Gasteiger partial charge in [-0.3, -0.25) is 4.79 Å². The number of primary amides is 1. The van der Waals surface area contributed by atoms with Crippen LogP contribution in [0.25, 0.3) is 29.0 Å². The minimum atomic E-state index is -0.558. The van der Waals surface area contributed by atoms with Crippen molar-refractivity contribution in [2.75, 3.05) is 6.61 Å². The second-order valence-corrected chi connectivity index (χ2v) is 8.54. The zero-order valence-corrected chi connectivity index (χ0v) is 21.1. The number of halogens is 1. The van der Waals surface area contributed by atoms with E-state index in [1.54, 1.807) is 24.3 Å². The second kappa shape index (κ2) is 11.8. The topological polar surface area (TPSA) is 68.1 Å². The number of hydrogen-bond donors (Lipinski definition) is 2. The summed E-state index contributed by atoms with van der Waals surface area (Å²) in [7, 11) is 0. The highest BCUT2D eigenvalue weighted by atomic mass is 35.5. The highest BCUT2D eigenvalue weighted by Crippen LogP contribution is 2.28. The molecule has 1 heterocycles. The molecule has 0 radical (unpaired) electrons. The standard InChI is InChI=1S/C26H29ClN2O2.C2H6/c1-6-15(2)16(3)9-24-18(5)23(13-29-24)17(4)14-31-25-12-19-7-8-21(27)10-20(19)11-22(25)26(28)30;1-2/h7-13,15-16,29H,4-6,14H2,1-3H3,(H2,28,30);1-2H3/b24-9+;. The van der Waals surface area contributed by atoms with Crippen LogP contribution in [0.5, 0.6) is 5.75 Å². The zero-order chi connectivity index (χ0) is 24.7. The van der Waals surface area contributed by atoms with Gasteiger partial charge < -0.3 is 15.5 Å². The van der Waals surface area contributed by atoms with Crippen LogP contribution in [0.4, 0.5) is 0 Å². The number of rotatable bonds is 8. The smallest absolute Gasteiger partial charge is 0.252 e. The second-order valence-electron chi connectivity index (χ2n) is 8.10. The Hall–Kier alpha value is -2.98. The molecule has 2 unspecified atom stereocenters. The number of ether oxygens (including phenoxy) is 1. The predicted octanol–water partition coefficient (Wildman–Crippen LogP) is 5.91. The zero-order valence-electron chi connectivity index (χ0n) is 20.3. The Morgan fingerprint density at radius 2 is 1.88 bits per heavy atom. The quantitative estimate of drug-likeness (QED) is 0.433. The molecule has 5 heteroatoms. The summed E-state index contributed by atoms with van der Waals surface area (Å²) in [5.74, 6) is 0.887. The molecule has 0 saturated carbocycles. The highest BCUT2D eigenvalue weighted by molar-refractivity contribution is 6.31. The summed E-state index contributed by atoms with van der Waals surface area (Å²) >= 11 is 6.06. The number of nitrogens with two attached hydrogens (primary N) is 1. The number of aromatic nitrogens is 1. The van der Waals surface area contributed by atoms with E-state index in [9.17, 15) is 4.79 Å². The van der Waals surface area contributed by atoms with Gasteiger partial charge in [0.2, 0.25) is 0 Å². The number of benzene rings is 2. The summed E-state index contributed by atoms with van der Waals surface area (Å²) in [5, 5.41) is 4.23. The molecule has 3 aromatic rings. The minimum absolute atomic E-state index is 0.208. The first-order valence-electron chi connectivity index (χ1n) is 11.4. The van der Waals surface area contributed by atoms with Gasteiger partial charge in [-0.2, -0.15) is 0 Å². The molecule has 3 N–H and O–H groups in total. The summed E-state index contributed by atoms with van der Waals surface area (Å²) in [4.78, 5) is 15.3. The van der Waals surface area contributed by atoms with Crippen LogP contribution in [-0.2, 0) is 0 Å². The Morgan fingerprint density at radius 1 is 1.18 bits per heavy atom. The number of hydrogen-bond acceptors (Lipinski definition) is 2. The minimum Gasteiger partial charge on any atom is -0.488 e. The third kappa shape index (κ3) is 6.29. The van der Waals surface area contributed by atoms with E-state index in [2.05, 4.69) is 45.0 Å². The molecule has 176 valence electrons. The number of amides is 1. The van der Waals surface area contributed by atoms with E-state index < -0.39 is 5.91 Å². The van der Waals surface area contributed by atoms with Crippen LogP contribution < -0.4 is 21.0 Å². The van der Waals surface area contributed by atoms with Gasteiger partial charge in [-0.1, -0.05) is 77.9 Å². The fourth-order valence-corrected chi connectivity index (χ4v) is 3.72. The van der Waals surface area contributed by atoms with Crippen molar-refractivity contribution in [3.63, 3.8) is 0 Å². The van der Waals surface area contributed by atoms with Gasteiger partial charge in [-0.15, -0.1) is 0 Å². The largest absolute Gasteiger partial charge is 0.488 e. The van der Waals surface area contributed by atoms with Crippen molar-refractivity contribution in [2.24, 2.45) is 17.6 Å². The first-order chi connectivity index (χ1) is 15.7.